The van der Waals surface area contributed by atoms with Crippen molar-refractivity contribution in [2.75, 3.05) is 6.61 Å². The van der Waals surface area contributed by atoms with E-state index in [2.05, 4.69) is 65.6 Å². The SMILES string of the molecule is O=S(=O)(c1ccccc1)C1CC2(c3ccccc3)N(Cc3ccccc3)C1CCC21C=CCO1. The van der Waals surface area contributed by atoms with E-state index in [0.29, 0.717) is 24.5 Å². The van der Waals surface area contributed by atoms with Crippen LogP contribution in [0.25, 0.3) is 0 Å². The molecule has 4 atom stereocenters. The fourth-order valence-corrected chi connectivity index (χ4v) is 8.67. The number of sulfone groups is 1. The maximum Gasteiger partial charge on any atom is 0.182 e. The van der Waals surface area contributed by atoms with Gasteiger partial charge in [0.15, 0.2) is 9.84 Å². The Balaban J connectivity index is 1.55. The van der Waals surface area contributed by atoms with Crippen molar-refractivity contribution in [2.45, 2.75) is 53.1 Å². The Hall–Kier alpha value is -2.73. The number of rotatable bonds is 5. The molecule has 2 fully saturated rings. The summed E-state index contributed by atoms with van der Waals surface area (Å²) in [7, 11) is -3.53. The fraction of sp³-hybridized carbons (Fsp3) is 0.310. The Morgan fingerprint density at radius 2 is 1.53 bits per heavy atom. The Morgan fingerprint density at radius 1 is 0.882 bits per heavy atom. The Morgan fingerprint density at radius 3 is 2.18 bits per heavy atom. The monoisotopic (exact) mass is 471 g/mol. The second-order valence-corrected chi connectivity index (χ2v) is 11.8. The molecule has 0 aromatic heterocycles. The second kappa shape index (κ2) is 8.19. The van der Waals surface area contributed by atoms with Crippen LogP contribution in [0.2, 0.25) is 0 Å². The van der Waals surface area contributed by atoms with E-state index >= 15 is 0 Å². The highest BCUT2D eigenvalue weighted by atomic mass is 32.2. The molecular formula is C29H29NO3S. The van der Waals surface area contributed by atoms with Gasteiger partial charge >= 0.3 is 0 Å². The average molecular weight is 472 g/mol. The van der Waals surface area contributed by atoms with E-state index in [1.807, 2.05) is 30.3 Å². The molecule has 3 aromatic rings. The second-order valence-electron chi connectivity index (χ2n) is 9.65. The molecule has 0 aliphatic carbocycles. The molecule has 1 spiro atoms. The summed E-state index contributed by atoms with van der Waals surface area (Å²) in [6, 6.07) is 29.7. The van der Waals surface area contributed by atoms with Crippen molar-refractivity contribution in [3.8, 4) is 0 Å². The summed E-state index contributed by atoms with van der Waals surface area (Å²) in [6.45, 7) is 1.24. The van der Waals surface area contributed by atoms with Crippen LogP contribution in [0.5, 0.6) is 0 Å². The van der Waals surface area contributed by atoms with Crippen LogP contribution in [-0.2, 0) is 26.7 Å². The number of nitrogens with zero attached hydrogens (tertiary/aromatic N) is 1. The molecule has 2 bridgehead atoms. The molecule has 0 amide bonds. The van der Waals surface area contributed by atoms with Gasteiger partial charge in [0.25, 0.3) is 0 Å². The average Bonchev–Trinajstić information content (AvgIpc) is 3.45. The van der Waals surface area contributed by atoms with Gasteiger partial charge in [0.1, 0.15) is 5.60 Å². The Kier molecular flexibility index (Phi) is 5.25. The van der Waals surface area contributed by atoms with Crippen molar-refractivity contribution in [3.63, 3.8) is 0 Å². The molecule has 3 aliphatic heterocycles. The molecule has 174 valence electrons. The lowest BCUT2D eigenvalue weighted by Gasteiger charge is -2.55. The largest absolute Gasteiger partial charge is 0.365 e. The highest BCUT2D eigenvalue weighted by Gasteiger charge is 2.68. The van der Waals surface area contributed by atoms with E-state index in [9.17, 15) is 8.42 Å². The number of fused-ring (bicyclic) bond motifs is 3. The van der Waals surface area contributed by atoms with Crippen LogP contribution in [0.1, 0.15) is 30.4 Å². The van der Waals surface area contributed by atoms with Crippen LogP contribution >= 0.6 is 0 Å². The molecule has 4 unspecified atom stereocenters. The third-order valence-electron chi connectivity index (χ3n) is 8.07. The third-order valence-corrected chi connectivity index (χ3v) is 10.3. The number of piperidine rings is 1. The predicted octanol–water partition coefficient (Wildman–Crippen LogP) is 5.12. The van der Waals surface area contributed by atoms with E-state index < -0.39 is 26.2 Å². The van der Waals surface area contributed by atoms with Gasteiger partial charge in [0.2, 0.25) is 0 Å². The van der Waals surface area contributed by atoms with Crippen molar-refractivity contribution < 1.29 is 13.2 Å². The molecule has 4 nitrogen and oxygen atoms in total. The summed E-state index contributed by atoms with van der Waals surface area (Å²) >= 11 is 0. The van der Waals surface area contributed by atoms with Crippen LogP contribution < -0.4 is 0 Å². The van der Waals surface area contributed by atoms with Crippen LogP contribution in [0.3, 0.4) is 0 Å². The molecular weight excluding hydrogens is 442 g/mol. The maximum absolute atomic E-state index is 14.1. The van der Waals surface area contributed by atoms with Gasteiger partial charge in [0, 0.05) is 12.6 Å². The van der Waals surface area contributed by atoms with Crippen LogP contribution in [0.15, 0.2) is 108 Å². The standard InChI is InChI=1S/C29H29NO3S/c31-34(32,25-15-8-3-9-16-25)27-21-29(24-13-6-2-7-14-24)28(18-10-20-33-28)19-17-26(27)30(29)22-23-11-4-1-5-12-23/h1-16,18,26-27H,17,19-22H2. The van der Waals surface area contributed by atoms with Gasteiger partial charge in [0.05, 0.1) is 22.3 Å². The van der Waals surface area contributed by atoms with E-state index in [-0.39, 0.29) is 6.04 Å². The summed E-state index contributed by atoms with van der Waals surface area (Å²) in [5.41, 5.74) is 1.21. The third kappa shape index (κ3) is 3.14. The van der Waals surface area contributed by atoms with Gasteiger partial charge in [-0.05, 0) is 42.5 Å². The van der Waals surface area contributed by atoms with Crippen molar-refractivity contribution in [1.82, 2.24) is 4.90 Å². The first-order chi connectivity index (χ1) is 16.6. The van der Waals surface area contributed by atoms with Gasteiger partial charge in [-0.25, -0.2) is 8.42 Å². The zero-order chi connectivity index (χ0) is 23.2. The highest BCUT2D eigenvalue weighted by molar-refractivity contribution is 7.92. The highest BCUT2D eigenvalue weighted by Crippen LogP contribution is 2.60. The summed E-state index contributed by atoms with van der Waals surface area (Å²) in [6.07, 6.45) is 6.42. The molecule has 2 saturated heterocycles. The maximum atomic E-state index is 14.1. The molecule has 3 aliphatic rings. The number of ether oxygens (including phenoxy) is 1. The Labute approximate surface area is 201 Å². The number of hydrogen-bond donors (Lipinski definition) is 0. The minimum Gasteiger partial charge on any atom is -0.365 e. The van der Waals surface area contributed by atoms with Crippen LogP contribution in [0.4, 0.5) is 0 Å². The first-order valence-electron chi connectivity index (χ1n) is 12.0. The molecule has 3 heterocycles. The molecule has 5 heteroatoms. The zero-order valence-electron chi connectivity index (χ0n) is 19.1. The van der Waals surface area contributed by atoms with Gasteiger partial charge in [-0.15, -0.1) is 0 Å². The lowest BCUT2D eigenvalue weighted by atomic mass is 9.69. The number of benzene rings is 3. The first kappa shape index (κ1) is 21.8. The van der Waals surface area contributed by atoms with Crippen LogP contribution in [0, 0.1) is 0 Å². The van der Waals surface area contributed by atoms with Gasteiger partial charge in [-0.3, -0.25) is 4.90 Å². The molecule has 0 N–H and O–H groups in total. The predicted molar refractivity (Wildman–Crippen MR) is 133 cm³/mol. The first-order valence-corrected chi connectivity index (χ1v) is 13.6. The van der Waals surface area contributed by atoms with Gasteiger partial charge in [-0.2, -0.15) is 0 Å². The number of hydrogen-bond acceptors (Lipinski definition) is 4. The zero-order valence-corrected chi connectivity index (χ0v) is 19.9. The minimum absolute atomic E-state index is 0.0890. The van der Waals surface area contributed by atoms with Crippen molar-refractivity contribution >= 4 is 9.84 Å². The van der Waals surface area contributed by atoms with Crippen molar-refractivity contribution in [1.29, 1.82) is 0 Å². The van der Waals surface area contributed by atoms with Crippen LogP contribution in [-0.4, -0.2) is 36.8 Å². The van der Waals surface area contributed by atoms with Gasteiger partial charge in [-0.1, -0.05) is 91.0 Å². The molecule has 0 saturated carbocycles. The van der Waals surface area contributed by atoms with E-state index in [1.54, 1.807) is 12.1 Å². The topological polar surface area (TPSA) is 46.6 Å². The van der Waals surface area contributed by atoms with E-state index in [0.717, 1.165) is 18.4 Å². The minimum atomic E-state index is -3.53. The summed E-state index contributed by atoms with van der Waals surface area (Å²) < 4.78 is 34.7. The molecule has 3 aromatic carbocycles. The summed E-state index contributed by atoms with van der Waals surface area (Å²) in [5.74, 6) is 0. The normalized spacial score (nSPS) is 30.7. The lowest BCUT2D eigenvalue weighted by molar-refractivity contribution is -0.137. The van der Waals surface area contributed by atoms with Crippen molar-refractivity contribution in [3.05, 3.63) is 114 Å². The smallest absolute Gasteiger partial charge is 0.182 e. The lowest BCUT2D eigenvalue weighted by Crippen LogP contribution is -2.62. The van der Waals surface area contributed by atoms with Crippen molar-refractivity contribution in [2.24, 2.45) is 0 Å². The van der Waals surface area contributed by atoms with Gasteiger partial charge < -0.3 is 4.74 Å². The molecule has 6 rings (SSSR count). The quantitative estimate of drug-likeness (QED) is 0.485. The van der Waals surface area contributed by atoms with E-state index in [4.69, 9.17) is 4.74 Å². The fourth-order valence-electron chi connectivity index (χ4n) is 6.63. The Bertz CT molecular complexity index is 1290. The summed E-state index contributed by atoms with van der Waals surface area (Å²) in [5, 5.41) is -0.504. The van der Waals surface area contributed by atoms with E-state index in [1.165, 1.54) is 5.56 Å². The molecule has 0 radical (unpaired) electrons. The molecule has 34 heavy (non-hydrogen) atoms. The summed E-state index contributed by atoms with van der Waals surface area (Å²) in [4.78, 5) is 2.87.